The standard InChI is InChI=1S/C26H23N3O3S/c1-18(30)27-15-14-19-10-12-20(13-11-19)24-17-33-26(28-24)29-25(31)21-6-5-9-23(16-21)32-22-7-3-2-4-8-22/h2-13,16-17H,14-15H2,1H3,(H,27,30)(H,28,29,31). The average Bonchev–Trinajstić information content (AvgIpc) is 3.28. The van der Waals surface area contributed by atoms with Gasteiger partial charge in [0.05, 0.1) is 5.69 Å². The number of carbonyl (C=O) groups excluding carboxylic acids is 2. The topological polar surface area (TPSA) is 80.3 Å². The van der Waals surface area contributed by atoms with Crippen LogP contribution in [0.5, 0.6) is 11.5 Å². The van der Waals surface area contributed by atoms with E-state index < -0.39 is 0 Å². The number of nitrogens with zero attached hydrogens (tertiary/aromatic N) is 1. The van der Waals surface area contributed by atoms with Gasteiger partial charge in [0.25, 0.3) is 5.91 Å². The second kappa shape index (κ2) is 10.6. The Morgan fingerprint density at radius 2 is 1.70 bits per heavy atom. The molecule has 0 saturated carbocycles. The lowest BCUT2D eigenvalue weighted by Crippen LogP contribution is -2.22. The van der Waals surface area contributed by atoms with Gasteiger partial charge in [0.15, 0.2) is 5.13 Å². The number of amides is 2. The molecular formula is C26H23N3O3S. The number of ether oxygens (including phenoxy) is 1. The van der Waals surface area contributed by atoms with Gasteiger partial charge in [-0.05, 0) is 42.3 Å². The number of thiazole rings is 1. The van der Waals surface area contributed by atoms with E-state index in [9.17, 15) is 9.59 Å². The number of anilines is 1. The van der Waals surface area contributed by atoms with E-state index in [4.69, 9.17) is 4.74 Å². The quantitative estimate of drug-likeness (QED) is 0.364. The van der Waals surface area contributed by atoms with E-state index in [1.807, 2.05) is 66.0 Å². The van der Waals surface area contributed by atoms with Gasteiger partial charge in [-0.2, -0.15) is 0 Å². The minimum absolute atomic E-state index is 0.0286. The van der Waals surface area contributed by atoms with Crippen LogP contribution in [0.3, 0.4) is 0 Å². The Morgan fingerprint density at radius 3 is 2.45 bits per heavy atom. The van der Waals surface area contributed by atoms with Crippen LogP contribution in [0.1, 0.15) is 22.8 Å². The second-order valence-electron chi connectivity index (χ2n) is 7.36. The molecule has 0 aliphatic rings. The van der Waals surface area contributed by atoms with Gasteiger partial charge in [-0.25, -0.2) is 4.98 Å². The molecular weight excluding hydrogens is 434 g/mol. The molecule has 6 nitrogen and oxygen atoms in total. The van der Waals surface area contributed by atoms with Crippen molar-refractivity contribution in [3.63, 3.8) is 0 Å². The van der Waals surface area contributed by atoms with Crippen molar-refractivity contribution in [1.29, 1.82) is 0 Å². The number of carbonyl (C=O) groups is 2. The predicted molar refractivity (Wildman–Crippen MR) is 131 cm³/mol. The molecule has 3 aromatic carbocycles. The second-order valence-corrected chi connectivity index (χ2v) is 8.22. The van der Waals surface area contributed by atoms with Gasteiger partial charge in [-0.1, -0.05) is 48.5 Å². The third kappa shape index (κ3) is 6.27. The molecule has 2 N–H and O–H groups in total. The molecule has 166 valence electrons. The van der Waals surface area contributed by atoms with Crippen molar-refractivity contribution in [3.05, 3.63) is 95.4 Å². The number of hydrogen-bond acceptors (Lipinski definition) is 5. The summed E-state index contributed by atoms with van der Waals surface area (Å²) in [6.07, 6.45) is 0.769. The van der Waals surface area contributed by atoms with Crippen molar-refractivity contribution < 1.29 is 14.3 Å². The molecule has 0 unspecified atom stereocenters. The van der Waals surface area contributed by atoms with E-state index in [-0.39, 0.29) is 11.8 Å². The van der Waals surface area contributed by atoms with Gasteiger partial charge in [0.1, 0.15) is 11.5 Å². The van der Waals surface area contributed by atoms with Gasteiger partial charge < -0.3 is 10.1 Å². The third-order valence-electron chi connectivity index (χ3n) is 4.84. The van der Waals surface area contributed by atoms with Gasteiger partial charge in [0, 0.05) is 30.0 Å². The van der Waals surface area contributed by atoms with Gasteiger partial charge in [0.2, 0.25) is 5.91 Å². The van der Waals surface area contributed by atoms with Crippen LogP contribution >= 0.6 is 11.3 Å². The van der Waals surface area contributed by atoms with Crippen LogP contribution in [0.4, 0.5) is 5.13 Å². The minimum Gasteiger partial charge on any atom is -0.457 e. The number of hydrogen-bond donors (Lipinski definition) is 2. The van der Waals surface area contributed by atoms with Crippen LogP contribution in [0.25, 0.3) is 11.3 Å². The van der Waals surface area contributed by atoms with Crippen LogP contribution in [0, 0.1) is 0 Å². The summed E-state index contributed by atoms with van der Waals surface area (Å²) in [4.78, 5) is 28.3. The largest absolute Gasteiger partial charge is 0.457 e. The lowest BCUT2D eigenvalue weighted by atomic mass is 10.1. The maximum Gasteiger partial charge on any atom is 0.257 e. The zero-order chi connectivity index (χ0) is 23.0. The number of rotatable bonds is 8. The molecule has 0 spiro atoms. The Labute approximate surface area is 196 Å². The van der Waals surface area contributed by atoms with E-state index in [2.05, 4.69) is 15.6 Å². The Balaban J connectivity index is 1.38. The van der Waals surface area contributed by atoms with Crippen molar-refractivity contribution >= 4 is 28.3 Å². The fourth-order valence-corrected chi connectivity index (χ4v) is 3.90. The van der Waals surface area contributed by atoms with Crippen molar-refractivity contribution in [2.45, 2.75) is 13.3 Å². The lowest BCUT2D eigenvalue weighted by Gasteiger charge is -2.07. The Bertz CT molecular complexity index is 1240. The van der Waals surface area contributed by atoms with Crippen molar-refractivity contribution in [1.82, 2.24) is 10.3 Å². The summed E-state index contributed by atoms with van der Waals surface area (Å²) in [5, 5.41) is 8.10. The highest BCUT2D eigenvalue weighted by Crippen LogP contribution is 2.26. The number of nitrogens with one attached hydrogen (secondary N) is 2. The summed E-state index contributed by atoms with van der Waals surface area (Å²) >= 11 is 1.37. The molecule has 0 saturated heterocycles. The van der Waals surface area contributed by atoms with E-state index in [0.29, 0.717) is 28.7 Å². The molecule has 0 fully saturated rings. The maximum absolute atomic E-state index is 12.7. The van der Waals surface area contributed by atoms with E-state index in [1.54, 1.807) is 18.2 Å². The molecule has 0 aliphatic carbocycles. The van der Waals surface area contributed by atoms with Crippen molar-refractivity contribution in [2.24, 2.45) is 0 Å². The van der Waals surface area contributed by atoms with Gasteiger partial charge >= 0.3 is 0 Å². The monoisotopic (exact) mass is 457 g/mol. The summed E-state index contributed by atoms with van der Waals surface area (Å²) in [6.45, 7) is 2.12. The molecule has 0 radical (unpaired) electrons. The molecule has 7 heteroatoms. The molecule has 1 aromatic heterocycles. The maximum atomic E-state index is 12.7. The molecule has 0 atom stereocenters. The first-order valence-electron chi connectivity index (χ1n) is 10.5. The summed E-state index contributed by atoms with van der Waals surface area (Å²) in [5.74, 6) is 1.02. The fraction of sp³-hybridized carbons (Fsp3) is 0.115. The zero-order valence-electron chi connectivity index (χ0n) is 18.1. The Hall–Kier alpha value is -3.97. The predicted octanol–water partition coefficient (Wildman–Crippen LogP) is 5.53. The van der Waals surface area contributed by atoms with Crippen molar-refractivity contribution in [3.8, 4) is 22.8 Å². The van der Waals surface area contributed by atoms with Crippen molar-refractivity contribution in [2.75, 3.05) is 11.9 Å². The molecule has 0 bridgehead atoms. The van der Waals surface area contributed by atoms with E-state index >= 15 is 0 Å². The fourth-order valence-electron chi connectivity index (χ4n) is 3.18. The number of benzene rings is 3. The van der Waals surface area contributed by atoms with Gasteiger partial charge in [-0.3, -0.25) is 14.9 Å². The van der Waals surface area contributed by atoms with Gasteiger partial charge in [-0.15, -0.1) is 11.3 Å². The highest BCUT2D eigenvalue weighted by atomic mass is 32.1. The van der Waals surface area contributed by atoms with Crippen LogP contribution in [0.15, 0.2) is 84.2 Å². The SMILES string of the molecule is CC(=O)NCCc1ccc(-c2csc(NC(=O)c3cccc(Oc4ccccc4)c3)n2)cc1. The summed E-state index contributed by atoms with van der Waals surface area (Å²) in [7, 11) is 0. The molecule has 4 aromatic rings. The van der Waals surface area contributed by atoms with Crippen LogP contribution in [-0.2, 0) is 11.2 Å². The number of para-hydroxylation sites is 1. The first kappa shape index (κ1) is 22.2. The number of aromatic nitrogens is 1. The normalized spacial score (nSPS) is 10.5. The molecule has 33 heavy (non-hydrogen) atoms. The molecule has 1 heterocycles. The van der Waals surface area contributed by atoms with Crippen LogP contribution < -0.4 is 15.4 Å². The highest BCUT2D eigenvalue weighted by molar-refractivity contribution is 7.14. The lowest BCUT2D eigenvalue weighted by molar-refractivity contribution is -0.118. The minimum atomic E-state index is -0.247. The van der Waals surface area contributed by atoms with E-state index in [0.717, 1.165) is 23.2 Å². The Morgan fingerprint density at radius 1 is 0.939 bits per heavy atom. The zero-order valence-corrected chi connectivity index (χ0v) is 18.9. The molecule has 2 amide bonds. The summed E-state index contributed by atoms with van der Waals surface area (Å²) < 4.78 is 5.81. The molecule has 0 aliphatic heterocycles. The first-order chi connectivity index (χ1) is 16.1. The summed E-state index contributed by atoms with van der Waals surface area (Å²) in [6, 6.07) is 24.5. The van der Waals surface area contributed by atoms with Crippen LogP contribution in [0.2, 0.25) is 0 Å². The average molecular weight is 458 g/mol. The first-order valence-corrected chi connectivity index (χ1v) is 11.4. The highest BCUT2D eigenvalue weighted by Gasteiger charge is 2.11. The smallest absolute Gasteiger partial charge is 0.257 e. The van der Waals surface area contributed by atoms with Crippen LogP contribution in [-0.4, -0.2) is 23.3 Å². The Kier molecular flexibility index (Phi) is 7.12. The molecule has 4 rings (SSSR count). The van der Waals surface area contributed by atoms with E-state index in [1.165, 1.54) is 18.3 Å². The summed E-state index contributed by atoms with van der Waals surface area (Å²) in [5.41, 5.74) is 3.38. The third-order valence-corrected chi connectivity index (χ3v) is 5.59.